The molecular formula is C21H29FN4O3. The summed E-state index contributed by atoms with van der Waals surface area (Å²) < 4.78 is 13.0. The summed E-state index contributed by atoms with van der Waals surface area (Å²) in [5, 5.41) is 2.96. The zero-order valence-electron chi connectivity index (χ0n) is 17.1. The third kappa shape index (κ3) is 5.05. The highest BCUT2D eigenvalue weighted by atomic mass is 19.1. The highest BCUT2D eigenvalue weighted by Gasteiger charge is 2.38. The first-order chi connectivity index (χ1) is 13.9. The Morgan fingerprint density at radius 2 is 1.76 bits per heavy atom. The summed E-state index contributed by atoms with van der Waals surface area (Å²) in [6.07, 6.45) is 2.22. The van der Waals surface area contributed by atoms with E-state index in [1.54, 1.807) is 21.9 Å². The Kier molecular flexibility index (Phi) is 6.71. The number of halogens is 1. The van der Waals surface area contributed by atoms with Gasteiger partial charge < -0.3 is 20.0 Å². The largest absolute Gasteiger partial charge is 0.336 e. The van der Waals surface area contributed by atoms with Crippen molar-refractivity contribution in [2.75, 3.05) is 26.2 Å². The van der Waals surface area contributed by atoms with Gasteiger partial charge in [0.2, 0.25) is 0 Å². The molecule has 0 aliphatic carbocycles. The SMILES string of the molecule is CC[C@@H](C)NC(=O)N1CCC(N2CCN(Cc3ccc(F)cc3)C(=O)C2=O)CC1. The summed E-state index contributed by atoms with van der Waals surface area (Å²) in [6, 6.07) is 6.00. The van der Waals surface area contributed by atoms with Crippen LogP contribution < -0.4 is 5.32 Å². The van der Waals surface area contributed by atoms with E-state index in [0.29, 0.717) is 45.6 Å². The normalized spacial score (nSPS) is 19.5. The van der Waals surface area contributed by atoms with Crippen LogP contribution in [0.2, 0.25) is 0 Å². The van der Waals surface area contributed by atoms with Gasteiger partial charge in [0.05, 0.1) is 0 Å². The lowest BCUT2D eigenvalue weighted by atomic mass is 10.0. The van der Waals surface area contributed by atoms with Gasteiger partial charge in [-0.25, -0.2) is 9.18 Å². The second-order valence-corrected chi connectivity index (χ2v) is 7.83. The predicted molar refractivity (Wildman–Crippen MR) is 106 cm³/mol. The number of piperidine rings is 1. The first-order valence-corrected chi connectivity index (χ1v) is 10.3. The van der Waals surface area contributed by atoms with E-state index in [4.69, 9.17) is 0 Å². The van der Waals surface area contributed by atoms with Crippen LogP contribution in [0, 0.1) is 5.82 Å². The van der Waals surface area contributed by atoms with Gasteiger partial charge in [-0.1, -0.05) is 19.1 Å². The van der Waals surface area contributed by atoms with Crippen molar-refractivity contribution in [3.05, 3.63) is 35.6 Å². The zero-order valence-corrected chi connectivity index (χ0v) is 17.1. The quantitative estimate of drug-likeness (QED) is 0.763. The Balaban J connectivity index is 1.52. The molecule has 2 aliphatic heterocycles. The minimum Gasteiger partial charge on any atom is -0.336 e. The number of likely N-dealkylation sites (tertiary alicyclic amines) is 1. The van der Waals surface area contributed by atoms with Crippen LogP contribution in [0.25, 0.3) is 0 Å². The molecule has 7 nitrogen and oxygen atoms in total. The Hall–Kier alpha value is -2.64. The summed E-state index contributed by atoms with van der Waals surface area (Å²) in [5.74, 6) is -1.33. The fourth-order valence-electron chi connectivity index (χ4n) is 3.78. The van der Waals surface area contributed by atoms with Crippen LogP contribution in [0.5, 0.6) is 0 Å². The third-order valence-electron chi connectivity index (χ3n) is 5.80. The molecule has 1 N–H and O–H groups in total. The third-order valence-corrected chi connectivity index (χ3v) is 5.80. The standard InChI is InChI=1S/C21H29FN4O3/c1-3-15(2)23-21(29)24-10-8-18(9-11-24)26-13-12-25(19(27)20(26)28)14-16-4-6-17(22)7-5-16/h4-7,15,18H,3,8-14H2,1-2H3,(H,23,29)/t15-/m1/s1. The smallest absolute Gasteiger partial charge is 0.317 e. The van der Waals surface area contributed by atoms with Gasteiger partial charge in [0.1, 0.15) is 5.82 Å². The molecule has 0 unspecified atom stereocenters. The number of hydrogen-bond donors (Lipinski definition) is 1. The molecule has 0 spiro atoms. The topological polar surface area (TPSA) is 73.0 Å². The zero-order chi connectivity index (χ0) is 21.0. The van der Waals surface area contributed by atoms with Crippen molar-refractivity contribution in [3.63, 3.8) is 0 Å². The summed E-state index contributed by atoms with van der Waals surface area (Å²) in [6.45, 7) is 6.38. The molecule has 0 bridgehead atoms. The van der Waals surface area contributed by atoms with Gasteiger partial charge in [0, 0.05) is 44.8 Å². The summed E-state index contributed by atoms with van der Waals surface area (Å²) in [7, 11) is 0. The lowest BCUT2D eigenvalue weighted by molar-refractivity contribution is -0.158. The highest BCUT2D eigenvalue weighted by molar-refractivity contribution is 6.35. The van der Waals surface area contributed by atoms with Crippen molar-refractivity contribution in [2.24, 2.45) is 0 Å². The van der Waals surface area contributed by atoms with Gasteiger partial charge in [0.25, 0.3) is 0 Å². The maximum atomic E-state index is 13.0. The number of nitrogens with zero attached hydrogens (tertiary/aromatic N) is 3. The maximum Gasteiger partial charge on any atom is 0.317 e. The molecule has 29 heavy (non-hydrogen) atoms. The molecule has 8 heteroatoms. The van der Waals surface area contributed by atoms with Crippen LogP contribution >= 0.6 is 0 Å². The van der Waals surface area contributed by atoms with Crippen molar-refractivity contribution in [3.8, 4) is 0 Å². The number of nitrogens with one attached hydrogen (secondary N) is 1. The summed E-state index contributed by atoms with van der Waals surface area (Å²) in [5.41, 5.74) is 0.793. The number of rotatable bonds is 5. The van der Waals surface area contributed by atoms with Crippen LogP contribution in [-0.2, 0) is 16.1 Å². The Labute approximate surface area is 170 Å². The molecule has 3 rings (SSSR count). The van der Waals surface area contributed by atoms with Gasteiger partial charge >= 0.3 is 17.8 Å². The number of carbonyl (C=O) groups excluding carboxylic acids is 3. The summed E-state index contributed by atoms with van der Waals surface area (Å²) >= 11 is 0. The van der Waals surface area contributed by atoms with Crippen molar-refractivity contribution in [2.45, 2.75) is 51.7 Å². The Morgan fingerprint density at radius 3 is 2.38 bits per heavy atom. The Morgan fingerprint density at radius 1 is 1.10 bits per heavy atom. The van der Waals surface area contributed by atoms with Crippen molar-refractivity contribution >= 4 is 17.8 Å². The van der Waals surface area contributed by atoms with Crippen LogP contribution in [0.4, 0.5) is 9.18 Å². The first-order valence-electron chi connectivity index (χ1n) is 10.3. The molecule has 2 heterocycles. The molecule has 2 fully saturated rings. The Bertz CT molecular complexity index is 747. The van der Waals surface area contributed by atoms with Crippen LogP contribution in [-0.4, -0.2) is 70.8 Å². The second kappa shape index (κ2) is 9.24. The molecule has 1 aromatic rings. The first kappa shape index (κ1) is 21.1. The van der Waals surface area contributed by atoms with Gasteiger partial charge in [0.15, 0.2) is 0 Å². The van der Waals surface area contributed by atoms with E-state index in [1.165, 1.54) is 17.0 Å². The molecule has 158 valence electrons. The average molecular weight is 404 g/mol. The number of urea groups is 1. The van der Waals surface area contributed by atoms with Gasteiger partial charge in [-0.05, 0) is 43.9 Å². The monoisotopic (exact) mass is 404 g/mol. The highest BCUT2D eigenvalue weighted by Crippen LogP contribution is 2.21. The minimum atomic E-state index is -0.516. The van der Waals surface area contributed by atoms with Crippen molar-refractivity contribution < 1.29 is 18.8 Å². The number of hydrogen-bond acceptors (Lipinski definition) is 3. The number of carbonyl (C=O) groups is 3. The number of benzene rings is 1. The molecule has 0 aromatic heterocycles. The fraction of sp³-hybridized carbons (Fsp3) is 0.571. The van der Waals surface area contributed by atoms with E-state index in [2.05, 4.69) is 5.32 Å². The van der Waals surface area contributed by atoms with Gasteiger partial charge in [-0.3, -0.25) is 9.59 Å². The van der Waals surface area contributed by atoms with E-state index < -0.39 is 11.8 Å². The molecular weight excluding hydrogens is 375 g/mol. The molecule has 0 radical (unpaired) electrons. The van der Waals surface area contributed by atoms with E-state index in [-0.39, 0.29) is 23.9 Å². The molecule has 2 aliphatic rings. The second-order valence-electron chi connectivity index (χ2n) is 7.83. The average Bonchev–Trinajstić information content (AvgIpc) is 2.73. The van der Waals surface area contributed by atoms with Gasteiger partial charge in [-0.15, -0.1) is 0 Å². The van der Waals surface area contributed by atoms with E-state index in [9.17, 15) is 18.8 Å². The van der Waals surface area contributed by atoms with Gasteiger partial charge in [-0.2, -0.15) is 0 Å². The molecule has 1 atom stereocenters. The van der Waals surface area contributed by atoms with Crippen LogP contribution in [0.15, 0.2) is 24.3 Å². The van der Waals surface area contributed by atoms with Crippen LogP contribution in [0.1, 0.15) is 38.7 Å². The maximum absolute atomic E-state index is 13.0. The molecule has 2 saturated heterocycles. The number of piperazine rings is 1. The van der Waals surface area contributed by atoms with E-state index in [1.807, 2.05) is 13.8 Å². The predicted octanol–water partition coefficient (Wildman–Crippen LogP) is 1.97. The lowest BCUT2D eigenvalue weighted by Crippen LogP contribution is -2.59. The molecule has 1 aromatic carbocycles. The molecule has 4 amide bonds. The van der Waals surface area contributed by atoms with E-state index in [0.717, 1.165) is 12.0 Å². The molecule has 0 saturated carbocycles. The summed E-state index contributed by atoms with van der Waals surface area (Å²) in [4.78, 5) is 42.4. The fourth-order valence-corrected chi connectivity index (χ4v) is 3.78. The van der Waals surface area contributed by atoms with Crippen molar-refractivity contribution in [1.29, 1.82) is 0 Å². The van der Waals surface area contributed by atoms with Crippen LogP contribution in [0.3, 0.4) is 0 Å². The van der Waals surface area contributed by atoms with Crippen molar-refractivity contribution in [1.82, 2.24) is 20.0 Å². The number of amides is 4. The van der Waals surface area contributed by atoms with E-state index >= 15 is 0 Å². The lowest BCUT2D eigenvalue weighted by Gasteiger charge is -2.42. The minimum absolute atomic E-state index is 0.0212.